The first-order valence-electron chi connectivity index (χ1n) is 5.78. The van der Waals surface area contributed by atoms with Crippen molar-refractivity contribution < 1.29 is 9.18 Å². The molecule has 0 aromatic heterocycles. The highest BCUT2D eigenvalue weighted by Gasteiger charge is 2.16. The van der Waals surface area contributed by atoms with E-state index in [1.165, 1.54) is 12.1 Å². The summed E-state index contributed by atoms with van der Waals surface area (Å²) in [5.41, 5.74) is 1.01. The quantitative estimate of drug-likeness (QED) is 0.850. The van der Waals surface area contributed by atoms with Gasteiger partial charge in [0, 0.05) is 13.1 Å². The van der Waals surface area contributed by atoms with Crippen LogP contribution in [0.15, 0.2) is 24.3 Å². The summed E-state index contributed by atoms with van der Waals surface area (Å²) in [6.07, 6.45) is 0. The minimum Gasteiger partial charge on any atom is -0.358 e. The van der Waals surface area contributed by atoms with Crippen LogP contribution in [0.1, 0.15) is 25.5 Å². The van der Waals surface area contributed by atoms with Gasteiger partial charge in [-0.15, -0.1) is 0 Å². The van der Waals surface area contributed by atoms with Crippen LogP contribution in [0.3, 0.4) is 0 Å². The maximum absolute atomic E-state index is 12.8. The Labute approximate surface area is 102 Å². The molecule has 17 heavy (non-hydrogen) atoms. The number of halogens is 1. The van der Waals surface area contributed by atoms with E-state index in [4.69, 9.17) is 0 Å². The predicted molar refractivity (Wildman–Crippen MR) is 66.1 cm³/mol. The molecule has 0 radical (unpaired) electrons. The summed E-state index contributed by atoms with van der Waals surface area (Å²) in [5.74, 6) is -0.254. The summed E-state index contributed by atoms with van der Waals surface area (Å²) >= 11 is 0. The molecule has 1 rings (SSSR count). The average molecular weight is 238 g/mol. The first-order chi connectivity index (χ1) is 8.08. The number of rotatable bonds is 5. The van der Waals surface area contributed by atoms with Crippen molar-refractivity contribution in [3.63, 3.8) is 0 Å². The molecule has 1 aromatic rings. The van der Waals surface area contributed by atoms with Crippen molar-refractivity contribution in [3.8, 4) is 0 Å². The summed E-state index contributed by atoms with van der Waals surface area (Å²) in [4.78, 5) is 13.4. The monoisotopic (exact) mass is 238 g/mol. The second-order valence-corrected chi connectivity index (χ2v) is 3.96. The van der Waals surface area contributed by atoms with Crippen LogP contribution in [0.25, 0.3) is 0 Å². The van der Waals surface area contributed by atoms with Gasteiger partial charge in [-0.05, 0) is 31.2 Å². The highest BCUT2D eigenvalue weighted by Crippen LogP contribution is 2.19. The van der Waals surface area contributed by atoms with E-state index in [0.29, 0.717) is 6.54 Å². The molecule has 94 valence electrons. The zero-order valence-corrected chi connectivity index (χ0v) is 10.5. The normalized spacial score (nSPS) is 12.5. The molecular formula is C13H19FN2O. The Bertz CT molecular complexity index is 364. The molecule has 0 fully saturated rings. The Balaban J connectivity index is 2.74. The molecule has 0 saturated heterocycles. The number of hydrogen-bond donors (Lipinski definition) is 1. The van der Waals surface area contributed by atoms with E-state index in [0.717, 1.165) is 12.1 Å². The highest BCUT2D eigenvalue weighted by molar-refractivity contribution is 5.77. The number of nitrogens with one attached hydrogen (secondary N) is 1. The molecule has 1 unspecified atom stereocenters. The minimum atomic E-state index is -0.240. The summed E-state index contributed by atoms with van der Waals surface area (Å²) < 4.78 is 12.8. The predicted octanol–water partition coefficient (Wildman–Crippen LogP) is 1.95. The van der Waals surface area contributed by atoms with Gasteiger partial charge in [0.25, 0.3) is 0 Å². The number of benzene rings is 1. The van der Waals surface area contributed by atoms with Gasteiger partial charge in [-0.2, -0.15) is 0 Å². The maximum atomic E-state index is 12.8. The van der Waals surface area contributed by atoms with Crippen molar-refractivity contribution in [1.29, 1.82) is 0 Å². The fraction of sp³-hybridized carbons (Fsp3) is 0.462. The van der Waals surface area contributed by atoms with Crippen molar-refractivity contribution in [2.24, 2.45) is 0 Å². The van der Waals surface area contributed by atoms with Gasteiger partial charge in [0.1, 0.15) is 5.82 Å². The fourth-order valence-corrected chi connectivity index (χ4v) is 1.74. The molecule has 0 spiro atoms. The van der Waals surface area contributed by atoms with Crippen molar-refractivity contribution in [1.82, 2.24) is 10.2 Å². The first-order valence-corrected chi connectivity index (χ1v) is 5.78. The average Bonchev–Trinajstić information content (AvgIpc) is 2.35. The molecule has 0 bridgehead atoms. The Hall–Kier alpha value is -1.42. The lowest BCUT2D eigenvalue weighted by Crippen LogP contribution is -2.37. The largest absolute Gasteiger partial charge is 0.358 e. The highest BCUT2D eigenvalue weighted by atomic mass is 19.1. The molecule has 0 aliphatic carbocycles. The second kappa shape index (κ2) is 6.35. The zero-order chi connectivity index (χ0) is 12.8. The van der Waals surface area contributed by atoms with Crippen molar-refractivity contribution >= 4 is 5.91 Å². The van der Waals surface area contributed by atoms with Crippen molar-refractivity contribution in [3.05, 3.63) is 35.6 Å². The molecule has 0 aliphatic rings. The summed E-state index contributed by atoms with van der Waals surface area (Å²) in [5, 5.41) is 2.60. The fourth-order valence-electron chi connectivity index (χ4n) is 1.74. The number of carbonyl (C=O) groups excluding carboxylic acids is 1. The van der Waals surface area contributed by atoms with Gasteiger partial charge in [-0.25, -0.2) is 4.39 Å². The molecule has 1 N–H and O–H groups in total. The van der Waals surface area contributed by atoms with Crippen molar-refractivity contribution in [2.75, 3.05) is 20.1 Å². The third-order valence-corrected chi connectivity index (χ3v) is 2.93. The SMILES string of the molecule is CCN(CC(=O)NC)C(C)c1ccc(F)cc1. The molecule has 1 aromatic carbocycles. The molecule has 1 amide bonds. The van der Waals surface area contributed by atoms with Gasteiger partial charge in [-0.3, -0.25) is 9.69 Å². The van der Waals surface area contributed by atoms with Crippen LogP contribution >= 0.6 is 0 Å². The van der Waals surface area contributed by atoms with Gasteiger partial charge in [-0.1, -0.05) is 19.1 Å². The first kappa shape index (κ1) is 13.6. The lowest BCUT2D eigenvalue weighted by atomic mass is 10.1. The van der Waals surface area contributed by atoms with E-state index in [1.807, 2.05) is 18.7 Å². The van der Waals surface area contributed by atoms with Crippen LogP contribution in [0, 0.1) is 5.82 Å². The van der Waals surface area contributed by atoms with E-state index in [2.05, 4.69) is 5.32 Å². The number of likely N-dealkylation sites (N-methyl/N-ethyl adjacent to an activating group) is 2. The van der Waals surface area contributed by atoms with Crippen molar-refractivity contribution in [2.45, 2.75) is 19.9 Å². The lowest BCUT2D eigenvalue weighted by Gasteiger charge is -2.27. The number of nitrogens with zero attached hydrogens (tertiary/aromatic N) is 1. The maximum Gasteiger partial charge on any atom is 0.233 e. The summed E-state index contributed by atoms with van der Waals surface area (Å²) in [6.45, 7) is 5.14. The van der Waals surface area contributed by atoms with Crippen LogP contribution < -0.4 is 5.32 Å². The van der Waals surface area contributed by atoms with Gasteiger partial charge in [0.2, 0.25) is 5.91 Å². The standard InChI is InChI=1S/C13H19FN2O/c1-4-16(9-13(17)15-3)10(2)11-5-7-12(14)8-6-11/h5-8,10H,4,9H2,1-3H3,(H,15,17). The Morgan fingerprint density at radius 2 is 2.00 bits per heavy atom. The van der Waals surface area contributed by atoms with E-state index in [9.17, 15) is 9.18 Å². The third-order valence-electron chi connectivity index (χ3n) is 2.93. The summed E-state index contributed by atoms with van der Waals surface area (Å²) in [6, 6.07) is 6.50. The van der Waals surface area contributed by atoms with Crippen LogP contribution in [0.5, 0.6) is 0 Å². The minimum absolute atomic E-state index is 0.0131. The number of carbonyl (C=O) groups is 1. The number of hydrogen-bond acceptors (Lipinski definition) is 2. The van der Waals surface area contributed by atoms with Gasteiger partial charge < -0.3 is 5.32 Å². The van der Waals surface area contributed by atoms with Crippen LogP contribution in [0.2, 0.25) is 0 Å². The topological polar surface area (TPSA) is 32.3 Å². The number of amides is 1. The van der Waals surface area contributed by atoms with E-state index in [1.54, 1.807) is 19.2 Å². The molecular weight excluding hydrogens is 219 g/mol. The molecule has 1 atom stereocenters. The molecule has 3 nitrogen and oxygen atoms in total. The Kier molecular flexibility index (Phi) is 5.10. The molecule has 0 aliphatic heterocycles. The van der Waals surface area contributed by atoms with Crippen LogP contribution in [0.4, 0.5) is 4.39 Å². The van der Waals surface area contributed by atoms with E-state index < -0.39 is 0 Å². The third kappa shape index (κ3) is 3.82. The van der Waals surface area contributed by atoms with E-state index >= 15 is 0 Å². The van der Waals surface area contributed by atoms with Crippen LogP contribution in [-0.4, -0.2) is 30.9 Å². The molecule has 4 heteroatoms. The zero-order valence-electron chi connectivity index (χ0n) is 10.5. The van der Waals surface area contributed by atoms with Crippen LogP contribution in [-0.2, 0) is 4.79 Å². The molecule has 0 saturated carbocycles. The van der Waals surface area contributed by atoms with Gasteiger partial charge in [0.15, 0.2) is 0 Å². The van der Waals surface area contributed by atoms with Gasteiger partial charge in [0.05, 0.1) is 6.54 Å². The second-order valence-electron chi connectivity index (χ2n) is 3.96. The van der Waals surface area contributed by atoms with Gasteiger partial charge >= 0.3 is 0 Å². The summed E-state index contributed by atoms with van der Waals surface area (Å²) in [7, 11) is 1.62. The van der Waals surface area contributed by atoms with E-state index in [-0.39, 0.29) is 17.8 Å². The Morgan fingerprint density at radius 3 is 2.47 bits per heavy atom. The lowest BCUT2D eigenvalue weighted by molar-refractivity contribution is -0.122. The smallest absolute Gasteiger partial charge is 0.233 e. The molecule has 0 heterocycles. The Morgan fingerprint density at radius 1 is 1.41 bits per heavy atom.